The van der Waals surface area contributed by atoms with Crippen molar-refractivity contribution < 1.29 is 22.7 Å². The van der Waals surface area contributed by atoms with Crippen LogP contribution in [0.4, 0.5) is 0 Å². The second kappa shape index (κ2) is 8.47. The number of hydrogen-bond acceptors (Lipinski definition) is 5. The third kappa shape index (κ3) is 4.92. The predicted octanol–water partition coefficient (Wildman–Crippen LogP) is 2.82. The number of esters is 1. The molecule has 2 aromatic rings. The highest BCUT2D eigenvalue weighted by atomic mass is 32.2. The van der Waals surface area contributed by atoms with Crippen LogP contribution in [-0.4, -0.2) is 33.3 Å². The van der Waals surface area contributed by atoms with E-state index < -0.39 is 21.9 Å². The van der Waals surface area contributed by atoms with Crippen molar-refractivity contribution in [1.82, 2.24) is 4.72 Å². The highest BCUT2D eigenvalue weighted by Gasteiger charge is 2.28. The van der Waals surface area contributed by atoms with Crippen LogP contribution in [0.5, 0.6) is 0 Å². The van der Waals surface area contributed by atoms with E-state index in [9.17, 15) is 18.0 Å². The van der Waals surface area contributed by atoms with E-state index in [2.05, 4.69) is 9.46 Å². The summed E-state index contributed by atoms with van der Waals surface area (Å²) in [6, 6.07) is 11.9. The lowest BCUT2D eigenvalue weighted by Crippen LogP contribution is -2.35. The van der Waals surface area contributed by atoms with Crippen LogP contribution in [0.15, 0.2) is 47.4 Å². The number of fused-ring (bicyclic) bond motifs is 1. The maximum Gasteiger partial charge on any atom is 0.306 e. The molecule has 0 aromatic heterocycles. The molecule has 1 N–H and O–H groups in total. The number of carbonyl (C=O) groups is 2. The zero-order chi connectivity index (χ0) is 21.2. The van der Waals surface area contributed by atoms with Gasteiger partial charge in [-0.15, -0.1) is 0 Å². The molecule has 7 heteroatoms. The Morgan fingerprint density at radius 3 is 2.41 bits per heavy atom. The molecule has 0 saturated heterocycles. The van der Waals surface area contributed by atoms with Crippen molar-refractivity contribution >= 4 is 21.8 Å². The molecule has 3 rings (SSSR count). The quantitative estimate of drug-likeness (QED) is 0.555. The Hall–Kier alpha value is -2.51. The van der Waals surface area contributed by atoms with Crippen LogP contribution in [0.2, 0.25) is 0 Å². The van der Waals surface area contributed by atoms with Crippen LogP contribution in [0.25, 0.3) is 0 Å². The van der Waals surface area contributed by atoms with Gasteiger partial charge in [-0.1, -0.05) is 36.8 Å². The molecule has 154 valence electrons. The molecule has 0 heterocycles. The Morgan fingerprint density at radius 1 is 1.10 bits per heavy atom. The smallest absolute Gasteiger partial charge is 0.306 e. The lowest BCUT2D eigenvalue weighted by Gasteiger charge is -2.12. The van der Waals surface area contributed by atoms with E-state index in [0.29, 0.717) is 18.4 Å². The van der Waals surface area contributed by atoms with Gasteiger partial charge in [-0.25, -0.2) is 13.1 Å². The fourth-order valence-electron chi connectivity index (χ4n) is 3.57. The van der Waals surface area contributed by atoms with Crippen molar-refractivity contribution in [2.75, 3.05) is 7.11 Å². The Kier molecular flexibility index (Phi) is 6.19. The molecule has 0 radical (unpaired) electrons. The summed E-state index contributed by atoms with van der Waals surface area (Å²) in [6.45, 7) is 3.60. The van der Waals surface area contributed by atoms with Gasteiger partial charge in [0, 0.05) is 17.5 Å². The first kappa shape index (κ1) is 21.2. The van der Waals surface area contributed by atoms with Crippen LogP contribution in [0.3, 0.4) is 0 Å². The molecule has 0 saturated carbocycles. The summed E-state index contributed by atoms with van der Waals surface area (Å²) in [4.78, 5) is 24.3. The molecule has 0 bridgehead atoms. The first-order valence-electron chi connectivity index (χ1n) is 9.51. The van der Waals surface area contributed by atoms with Crippen molar-refractivity contribution in [2.24, 2.45) is 5.92 Å². The number of sulfonamides is 1. The number of methoxy groups -OCH3 is 1. The minimum Gasteiger partial charge on any atom is -0.469 e. The summed E-state index contributed by atoms with van der Waals surface area (Å²) >= 11 is 0. The molecule has 2 unspecified atom stereocenters. The van der Waals surface area contributed by atoms with Gasteiger partial charge >= 0.3 is 5.97 Å². The van der Waals surface area contributed by atoms with Crippen molar-refractivity contribution in [3.05, 3.63) is 64.7 Å². The van der Waals surface area contributed by atoms with Gasteiger partial charge in [0.25, 0.3) is 0 Å². The van der Waals surface area contributed by atoms with Crippen molar-refractivity contribution in [3.8, 4) is 0 Å². The van der Waals surface area contributed by atoms with Crippen molar-refractivity contribution in [2.45, 2.75) is 44.0 Å². The summed E-state index contributed by atoms with van der Waals surface area (Å²) < 4.78 is 32.7. The molecule has 0 amide bonds. The van der Waals surface area contributed by atoms with Crippen LogP contribution in [-0.2, 0) is 32.4 Å². The largest absolute Gasteiger partial charge is 0.469 e. The molecule has 29 heavy (non-hydrogen) atoms. The zero-order valence-electron chi connectivity index (χ0n) is 16.8. The first-order valence-corrected chi connectivity index (χ1v) is 11.0. The Balaban J connectivity index is 1.70. The number of nitrogens with one attached hydrogen (secondary N) is 1. The number of ketones is 1. The van der Waals surface area contributed by atoms with E-state index in [0.717, 1.165) is 16.7 Å². The fourth-order valence-corrected chi connectivity index (χ4v) is 4.81. The highest BCUT2D eigenvalue weighted by Crippen LogP contribution is 2.26. The summed E-state index contributed by atoms with van der Waals surface area (Å²) in [7, 11) is -2.30. The second-order valence-electron chi connectivity index (χ2n) is 7.57. The van der Waals surface area contributed by atoms with E-state index in [1.54, 1.807) is 37.3 Å². The lowest BCUT2D eigenvalue weighted by molar-refractivity contribution is -0.141. The minimum absolute atomic E-state index is 0.0331. The molecule has 0 aliphatic heterocycles. The van der Waals surface area contributed by atoms with Gasteiger partial charge in [-0.2, -0.15) is 0 Å². The van der Waals surface area contributed by atoms with Gasteiger partial charge in [0.05, 0.1) is 18.4 Å². The third-order valence-electron chi connectivity index (χ3n) is 5.22. The van der Waals surface area contributed by atoms with Crippen LogP contribution >= 0.6 is 0 Å². The number of hydrogen-bond donors (Lipinski definition) is 1. The normalized spacial score (nSPS) is 16.9. The summed E-state index contributed by atoms with van der Waals surface area (Å²) in [5.74, 6) is -1.02. The van der Waals surface area contributed by atoms with Crippen LogP contribution in [0.1, 0.15) is 40.4 Å². The van der Waals surface area contributed by atoms with E-state index in [4.69, 9.17) is 0 Å². The Labute approximate surface area is 171 Å². The number of carbonyl (C=O) groups excluding carboxylic acids is 2. The SMILES string of the molecule is COC(=O)CC(C)C(=O)c1ccc2c(c1)CC(NS(=O)(=O)c1ccc(C)cc1)C2. The minimum atomic E-state index is -3.60. The maximum atomic E-state index is 12.6. The molecule has 1 aliphatic rings. The molecule has 6 nitrogen and oxygen atoms in total. The van der Waals surface area contributed by atoms with Crippen LogP contribution in [0, 0.1) is 12.8 Å². The molecular formula is C22H25NO5S. The molecule has 0 fully saturated rings. The molecule has 1 aliphatic carbocycles. The predicted molar refractivity (Wildman–Crippen MR) is 109 cm³/mol. The number of aryl methyl sites for hydroxylation is 1. The van der Waals surface area contributed by atoms with Gasteiger partial charge in [-0.05, 0) is 49.1 Å². The van der Waals surface area contributed by atoms with E-state index in [1.807, 2.05) is 19.1 Å². The standard InChI is InChI=1S/C22H25NO5S/c1-14-4-8-20(9-5-14)29(26,27)23-19-12-16-6-7-17(11-18(16)13-19)22(25)15(2)10-21(24)28-3/h4-9,11,15,19,23H,10,12-13H2,1-3H3. The Morgan fingerprint density at radius 2 is 1.76 bits per heavy atom. The molecule has 2 aromatic carbocycles. The highest BCUT2D eigenvalue weighted by molar-refractivity contribution is 7.89. The number of benzene rings is 2. The Bertz CT molecular complexity index is 1030. The van der Waals surface area contributed by atoms with Crippen LogP contribution < -0.4 is 4.72 Å². The third-order valence-corrected chi connectivity index (χ3v) is 6.76. The van der Waals surface area contributed by atoms with Gasteiger partial charge in [-0.3, -0.25) is 9.59 Å². The topological polar surface area (TPSA) is 89.5 Å². The number of ether oxygens (including phenoxy) is 1. The van der Waals surface area contributed by atoms with E-state index >= 15 is 0 Å². The fraction of sp³-hybridized carbons (Fsp3) is 0.364. The molecule has 0 spiro atoms. The number of Topliss-reactive ketones (excluding diaryl/α,β-unsaturated/α-hetero) is 1. The maximum absolute atomic E-state index is 12.6. The summed E-state index contributed by atoms with van der Waals surface area (Å²) in [5.41, 5.74) is 3.51. The monoisotopic (exact) mass is 415 g/mol. The van der Waals surface area contributed by atoms with E-state index in [-0.39, 0.29) is 23.1 Å². The molecule has 2 atom stereocenters. The van der Waals surface area contributed by atoms with Crippen molar-refractivity contribution in [3.63, 3.8) is 0 Å². The van der Waals surface area contributed by atoms with Gasteiger partial charge in [0.1, 0.15) is 0 Å². The lowest BCUT2D eigenvalue weighted by atomic mass is 9.94. The van der Waals surface area contributed by atoms with E-state index in [1.165, 1.54) is 7.11 Å². The average molecular weight is 416 g/mol. The number of rotatable bonds is 7. The summed E-state index contributed by atoms with van der Waals surface area (Å²) in [5, 5.41) is 0. The molecular weight excluding hydrogens is 390 g/mol. The average Bonchev–Trinajstić information content (AvgIpc) is 3.08. The first-order chi connectivity index (χ1) is 13.7. The van der Waals surface area contributed by atoms with Gasteiger partial charge in [0.15, 0.2) is 5.78 Å². The summed E-state index contributed by atoms with van der Waals surface area (Å²) in [6.07, 6.45) is 1.13. The second-order valence-corrected chi connectivity index (χ2v) is 9.28. The van der Waals surface area contributed by atoms with Crippen molar-refractivity contribution in [1.29, 1.82) is 0 Å². The van der Waals surface area contributed by atoms with Gasteiger partial charge < -0.3 is 4.74 Å². The zero-order valence-corrected chi connectivity index (χ0v) is 17.6. The van der Waals surface area contributed by atoms with Gasteiger partial charge in [0.2, 0.25) is 10.0 Å².